The van der Waals surface area contributed by atoms with Crippen LogP contribution in [0.4, 0.5) is 10.6 Å². The average molecular weight is 333 g/mol. The van der Waals surface area contributed by atoms with Gasteiger partial charge in [-0.1, -0.05) is 13.3 Å². The zero-order chi connectivity index (χ0) is 17.2. The summed E-state index contributed by atoms with van der Waals surface area (Å²) in [6.45, 7) is 8.38. The number of rotatable bonds is 4. The molecule has 0 aromatic carbocycles. The zero-order valence-electron chi connectivity index (χ0n) is 15.3. The fraction of sp³-hybridized carbons (Fsp3) is 0.778. The quantitative estimate of drug-likeness (QED) is 0.920. The molecule has 2 fully saturated rings. The van der Waals surface area contributed by atoms with Crippen molar-refractivity contribution in [1.82, 2.24) is 19.6 Å². The molecule has 134 valence electrons. The Balaban J connectivity index is 1.60. The molecular formula is C18H31N5O. The van der Waals surface area contributed by atoms with Crippen LogP contribution in [0.25, 0.3) is 0 Å². The molecule has 1 aromatic heterocycles. The van der Waals surface area contributed by atoms with Gasteiger partial charge in [-0.05, 0) is 58.2 Å². The van der Waals surface area contributed by atoms with Gasteiger partial charge in [-0.3, -0.25) is 5.32 Å². The molecule has 2 aliphatic heterocycles. The van der Waals surface area contributed by atoms with E-state index < -0.39 is 0 Å². The summed E-state index contributed by atoms with van der Waals surface area (Å²) in [5.74, 6) is 0.810. The van der Waals surface area contributed by atoms with Crippen LogP contribution >= 0.6 is 0 Å². The van der Waals surface area contributed by atoms with Crippen LogP contribution in [0.3, 0.4) is 0 Å². The summed E-state index contributed by atoms with van der Waals surface area (Å²) < 4.78 is 1.93. The summed E-state index contributed by atoms with van der Waals surface area (Å²) in [5.41, 5.74) is 0.347. The first-order chi connectivity index (χ1) is 11.5. The maximum atomic E-state index is 12.7. The van der Waals surface area contributed by atoms with Crippen molar-refractivity contribution in [3.63, 3.8) is 0 Å². The van der Waals surface area contributed by atoms with Crippen LogP contribution in [0.2, 0.25) is 0 Å². The lowest BCUT2D eigenvalue weighted by Gasteiger charge is -2.37. The third kappa shape index (κ3) is 3.58. The van der Waals surface area contributed by atoms with E-state index in [4.69, 9.17) is 0 Å². The molecule has 24 heavy (non-hydrogen) atoms. The monoisotopic (exact) mass is 333 g/mol. The Bertz CT molecular complexity index is 562. The van der Waals surface area contributed by atoms with E-state index in [0.717, 1.165) is 51.3 Å². The highest BCUT2D eigenvalue weighted by molar-refractivity contribution is 5.88. The van der Waals surface area contributed by atoms with Crippen molar-refractivity contribution in [2.75, 3.05) is 38.5 Å². The Kier molecular flexibility index (Phi) is 5.13. The lowest BCUT2D eigenvalue weighted by atomic mass is 9.78. The van der Waals surface area contributed by atoms with Gasteiger partial charge in [0.15, 0.2) is 0 Å². The van der Waals surface area contributed by atoms with Crippen LogP contribution < -0.4 is 5.32 Å². The summed E-state index contributed by atoms with van der Waals surface area (Å²) in [7, 11) is 2.19. The van der Waals surface area contributed by atoms with Crippen LogP contribution in [0, 0.1) is 5.41 Å². The van der Waals surface area contributed by atoms with E-state index in [-0.39, 0.29) is 6.03 Å². The van der Waals surface area contributed by atoms with Crippen molar-refractivity contribution < 1.29 is 4.79 Å². The Morgan fingerprint density at radius 3 is 2.75 bits per heavy atom. The molecule has 0 bridgehead atoms. The minimum Gasteiger partial charge on any atom is -0.324 e. The molecule has 6 nitrogen and oxygen atoms in total. The van der Waals surface area contributed by atoms with Crippen LogP contribution in [-0.2, 0) is 0 Å². The Morgan fingerprint density at radius 2 is 2.04 bits per heavy atom. The average Bonchev–Trinajstić information content (AvgIpc) is 3.18. The molecule has 1 atom stereocenters. The van der Waals surface area contributed by atoms with E-state index in [2.05, 4.69) is 36.2 Å². The van der Waals surface area contributed by atoms with E-state index in [1.54, 1.807) is 6.20 Å². The smallest absolute Gasteiger partial charge is 0.323 e. The van der Waals surface area contributed by atoms with Crippen molar-refractivity contribution in [3.05, 3.63) is 12.3 Å². The molecule has 2 aliphatic rings. The van der Waals surface area contributed by atoms with E-state index in [9.17, 15) is 4.79 Å². The number of hydrogen-bond donors (Lipinski definition) is 1. The topological polar surface area (TPSA) is 53.4 Å². The highest BCUT2D eigenvalue weighted by Gasteiger charge is 2.41. The third-order valence-electron chi connectivity index (χ3n) is 5.80. The number of aromatic nitrogens is 2. The standard InChI is InChI=1S/C18H31N5O/c1-4-5-15(2)23-16(6-10-19-23)20-17(24)22-13-9-18(14-22)7-11-21(3)12-8-18/h6,10,15H,4-5,7-9,11-14H2,1-3H3,(H,20,24)/t15-/m0/s1. The second-order valence-corrected chi connectivity index (χ2v) is 7.70. The molecule has 2 saturated heterocycles. The molecule has 0 radical (unpaired) electrons. The van der Waals surface area contributed by atoms with Gasteiger partial charge < -0.3 is 9.80 Å². The normalized spacial score (nSPS) is 22.0. The lowest BCUT2D eigenvalue weighted by molar-refractivity contribution is 0.129. The second-order valence-electron chi connectivity index (χ2n) is 7.70. The largest absolute Gasteiger partial charge is 0.324 e. The van der Waals surface area contributed by atoms with Crippen LogP contribution in [0.15, 0.2) is 12.3 Å². The van der Waals surface area contributed by atoms with E-state index in [1.165, 1.54) is 12.8 Å². The first-order valence-corrected chi connectivity index (χ1v) is 9.31. The summed E-state index contributed by atoms with van der Waals surface area (Å²) >= 11 is 0. The molecule has 0 saturated carbocycles. The number of piperidine rings is 1. The number of urea groups is 1. The minimum absolute atomic E-state index is 0.0243. The number of nitrogens with zero attached hydrogens (tertiary/aromatic N) is 4. The first-order valence-electron chi connectivity index (χ1n) is 9.31. The van der Waals surface area contributed by atoms with E-state index in [1.807, 2.05) is 15.6 Å². The number of carbonyl (C=O) groups is 1. The highest BCUT2D eigenvalue weighted by Crippen LogP contribution is 2.40. The van der Waals surface area contributed by atoms with Crippen molar-refractivity contribution in [2.24, 2.45) is 5.41 Å². The number of hydrogen-bond acceptors (Lipinski definition) is 3. The number of likely N-dealkylation sites (tertiary alicyclic amines) is 2. The molecule has 1 aromatic rings. The van der Waals surface area contributed by atoms with Crippen LogP contribution in [0.5, 0.6) is 0 Å². The maximum Gasteiger partial charge on any atom is 0.323 e. The van der Waals surface area contributed by atoms with Gasteiger partial charge in [0.05, 0.1) is 12.2 Å². The lowest BCUT2D eigenvalue weighted by Crippen LogP contribution is -2.41. The fourth-order valence-corrected chi connectivity index (χ4v) is 4.10. The Morgan fingerprint density at radius 1 is 1.33 bits per heavy atom. The van der Waals surface area contributed by atoms with Crippen LogP contribution in [-0.4, -0.2) is 58.8 Å². The third-order valence-corrected chi connectivity index (χ3v) is 5.80. The summed E-state index contributed by atoms with van der Waals surface area (Å²) in [4.78, 5) is 17.1. The molecule has 1 spiro atoms. The number of nitrogens with one attached hydrogen (secondary N) is 1. The van der Waals surface area contributed by atoms with Gasteiger partial charge in [0.1, 0.15) is 5.82 Å². The van der Waals surface area contributed by atoms with Gasteiger partial charge in [0.25, 0.3) is 0 Å². The van der Waals surface area contributed by atoms with E-state index in [0.29, 0.717) is 11.5 Å². The molecule has 6 heteroatoms. The molecular weight excluding hydrogens is 302 g/mol. The van der Waals surface area contributed by atoms with Gasteiger partial charge in [-0.15, -0.1) is 0 Å². The maximum absolute atomic E-state index is 12.7. The van der Waals surface area contributed by atoms with Gasteiger partial charge in [-0.2, -0.15) is 5.10 Å². The van der Waals surface area contributed by atoms with Gasteiger partial charge >= 0.3 is 6.03 Å². The summed E-state index contributed by atoms with van der Waals surface area (Å²) in [6, 6.07) is 2.22. The predicted octanol–water partition coefficient (Wildman–Crippen LogP) is 3.19. The SMILES string of the molecule is CCC[C@H](C)n1nccc1NC(=O)N1CCC2(CCN(C)CC2)C1. The van der Waals surface area contributed by atoms with Crippen molar-refractivity contribution in [3.8, 4) is 0 Å². The summed E-state index contributed by atoms with van der Waals surface area (Å²) in [6.07, 6.45) is 7.49. The molecule has 3 heterocycles. The number of anilines is 1. The predicted molar refractivity (Wildman–Crippen MR) is 96.2 cm³/mol. The zero-order valence-corrected chi connectivity index (χ0v) is 15.3. The van der Waals surface area contributed by atoms with Crippen molar-refractivity contribution in [1.29, 1.82) is 0 Å². The number of carbonyl (C=O) groups excluding carboxylic acids is 1. The summed E-state index contributed by atoms with van der Waals surface area (Å²) in [5, 5.41) is 7.46. The minimum atomic E-state index is 0.0243. The van der Waals surface area contributed by atoms with Crippen molar-refractivity contribution >= 4 is 11.8 Å². The Hall–Kier alpha value is -1.56. The van der Waals surface area contributed by atoms with E-state index >= 15 is 0 Å². The van der Waals surface area contributed by atoms with Crippen molar-refractivity contribution in [2.45, 2.75) is 52.0 Å². The molecule has 1 N–H and O–H groups in total. The van der Waals surface area contributed by atoms with Gasteiger partial charge in [0, 0.05) is 19.2 Å². The molecule has 0 aliphatic carbocycles. The fourth-order valence-electron chi connectivity index (χ4n) is 4.10. The number of amides is 2. The van der Waals surface area contributed by atoms with Crippen LogP contribution in [0.1, 0.15) is 52.0 Å². The molecule has 0 unspecified atom stereocenters. The highest BCUT2D eigenvalue weighted by atomic mass is 16.2. The molecule has 3 rings (SSSR count). The second kappa shape index (κ2) is 7.13. The van der Waals surface area contributed by atoms with Gasteiger partial charge in [-0.25, -0.2) is 9.48 Å². The van der Waals surface area contributed by atoms with Gasteiger partial charge in [0.2, 0.25) is 0 Å². The molecule has 2 amide bonds. The first kappa shape index (κ1) is 17.3. The Labute approximate surface area is 145 Å².